The summed E-state index contributed by atoms with van der Waals surface area (Å²) in [4.78, 5) is 26.8. The average Bonchev–Trinajstić information content (AvgIpc) is 3.81. The van der Waals surface area contributed by atoms with Crippen molar-refractivity contribution in [2.45, 2.75) is 90.4 Å². The summed E-state index contributed by atoms with van der Waals surface area (Å²) < 4.78 is 61.4. The van der Waals surface area contributed by atoms with Crippen molar-refractivity contribution < 1.29 is 52.1 Å². The Hall–Kier alpha value is -1.87. The van der Waals surface area contributed by atoms with E-state index in [1.165, 1.54) is 13.0 Å². The van der Waals surface area contributed by atoms with E-state index >= 15 is 0 Å². The number of quaternary nitrogens is 1. The van der Waals surface area contributed by atoms with E-state index in [2.05, 4.69) is 65.5 Å². The molecule has 0 aliphatic carbocycles. The number of nitrogens with zero attached hydrogens (tertiary/aromatic N) is 3. The van der Waals surface area contributed by atoms with E-state index in [1.54, 1.807) is 39.6 Å². The van der Waals surface area contributed by atoms with Crippen molar-refractivity contribution in [3.63, 3.8) is 0 Å². The van der Waals surface area contributed by atoms with Gasteiger partial charge in [0.05, 0.1) is 54.5 Å². The van der Waals surface area contributed by atoms with Crippen molar-refractivity contribution in [3.05, 3.63) is 53.0 Å². The molecule has 0 spiro atoms. The zero-order valence-electron chi connectivity index (χ0n) is 33.3. The molecule has 17 nitrogen and oxygen atoms in total. The molecular formula is C35H56IN7O10P2S+2. The number of carbonyl (C=O) groups excluding carboxylic acids is 1. The highest BCUT2D eigenvalue weighted by Crippen LogP contribution is 2.63. The Bertz CT molecular complexity index is 1770. The standard InChI is InChI=1S/C35H54IN7O10P2S/c1-11-26(37-8)41-33(46)28-23(6)43(19-40-28)35(17-49-25(14-44)30(35)45)53-55(48,56-10)51-16-34(7)15-50-29(31(34)52-54(9)47)21(4)13-24(12-20(2)3)27-22(5)32(42-36)39-18-38-27/h11,18-19,21,24-25,29-31,37,44-45H,2,12-17H2,1,3-10H3,(H-,38,39,41,42,46)/p+2. The average molecular weight is 956 g/mol. The molecule has 0 aromatic carbocycles. The van der Waals surface area contributed by atoms with Crippen LogP contribution in [-0.4, -0.2) is 109 Å². The number of anilines is 1. The molecule has 4 heterocycles. The lowest BCUT2D eigenvalue weighted by Crippen LogP contribution is -3.19. The summed E-state index contributed by atoms with van der Waals surface area (Å²) in [5.41, 5.74) is 0.488. The number of aliphatic imine (C=N–C) groups is 1. The Labute approximate surface area is 347 Å². The van der Waals surface area contributed by atoms with Crippen LogP contribution < -0.4 is 19.1 Å². The molecule has 4 rings (SSSR count). The number of allylic oxidation sites excluding steroid dienone is 3. The van der Waals surface area contributed by atoms with Gasteiger partial charge in [0.1, 0.15) is 42.5 Å². The van der Waals surface area contributed by atoms with Gasteiger partial charge in [-0.25, -0.2) is 24.0 Å². The predicted octanol–water partition coefficient (Wildman–Crippen LogP) is 4.09. The van der Waals surface area contributed by atoms with Crippen LogP contribution in [0.1, 0.15) is 64.6 Å². The van der Waals surface area contributed by atoms with E-state index in [4.69, 9.17) is 23.0 Å². The van der Waals surface area contributed by atoms with Gasteiger partial charge < -0.3 is 33.9 Å². The van der Waals surface area contributed by atoms with Crippen LogP contribution in [0, 0.1) is 18.3 Å². The minimum absolute atomic E-state index is 0.0185. The number of halogens is 1. The van der Waals surface area contributed by atoms with E-state index in [0.29, 0.717) is 24.4 Å². The third-order valence-electron chi connectivity index (χ3n) is 10.4. The first-order valence-electron chi connectivity index (χ1n) is 18.1. The molecule has 1 aromatic rings. The van der Waals surface area contributed by atoms with E-state index < -0.39 is 62.9 Å². The molecule has 0 saturated carbocycles. The third-order valence-corrected chi connectivity index (χ3v) is 14.8. The first kappa shape index (κ1) is 46.8. The second-order valence-corrected chi connectivity index (χ2v) is 20.5. The fraction of sp³-hybridized carbons (Fsp3) is 0.657. The maximum atomic E-state index is 14.7. The van der Waals surface area contributed by atoms with Gasteiger partial charge in [-0.2, -0.15) is 4.99 Å². The Morgan fingerprint density at radius 3 is 2.61 bits per heavy atom. The second kappa shape index (κ2) is 19.9. The number of ether oxygens (including phenoxy) is 2. The molecule has 6 N–H and O–H groups in total. The predicted molar refractivity (Wildman–Crippen MR) is 223 cm³/mol. The number of amides is 1. The van der Waals surface area contributed by atoms with Crippen molar-refractivity contribution in [1.82, 2.24) is 20.6 Å². The first-order chi connectivity index (χ1) is 26.4. The number of hydrogen-bond donors (Lipinski definition) is 6. The van der Waals surface area contributed by atoms with Crippen molar-refractivity contribution in [2.24, 2.45) is 16.3 Å². The summed E-state index contributed by atoms with van der Waals surface area (Å²) in [6, 6.07) is 0. The molecule has 1 aromatic heterocycles. The van der Waals surface area contributed by atoms with Crippen LogP contribution in [0.15, 0.2) is 46.8 Å². The number of rotatable bonds is 20. The Morgan fingerprint density at radius 1 is 1.32 bits per heavy atom. The first-order valence-corrected chi connectivity index (χ1v) is 24.2. The normalized spacial score (nSPS) is 30.2. The summed E-state index contributed by atoms with van der Waals surface area (Å²) in [7, 11) is -0.425. The maximum Gasteiger partial charge on any atom is 0.505 e. The molecule has 56 heavy (non-hydrogen) atoms. The largest absolute Gasteiger partial charge is 0.505 e. The van der Waals surface area contributed by atoms with Crippen molar-refractivity contribution >= 4 is 67.1 Å². The topological polar surface area (TPSA) is 216 Å². The second-order valence-electron chi connectivity index (χ2n) is 14.7. The van der Waals surface area contributed by atoms with Crippen LogP contribution in [-0.2, 0) is 37.0 Å². The smallest absolute Gasteiger partial charge is 0.394 e. The molecule has 2 saturated heterocycles. The van der Waals surface area contributed by atoms with Gasteiger partial charge in [-0.1, -0.05) is 19.4 Å². The number of aliphatic hydroxyl groups excluding tert-OH is 2. The van der Waals surface area contributed by atoms with Crippen LogP contribution in [0.5, 0.6) is 0 Å². The number of nitrogens with one attached hydrogen (secondary N) is 4. The summed E-state index contributed by atoms with van der Waals surface area (Å²) in [5, 5.41) is 27.2. The lowest BCUT2D eigenvalue weighted by atomic mass is 9.78. The molecule has 3 aliphatic rings. The summed E-state index contributed by atoms with van der Waals surface area (Å²) in [5.74, 6) is 0.545. The fourth-order valence-electron chi connectivity index (χ4n) is 7.39. The van der Waals surface area contributed by atoms with Crippen LogP contribution in [0.4, 0.5) is 5.82 Å². The molecule has 312 valence electrons. The van der Waals surface area contributed by atoms with Gasteiger partial charge in [-0.3, -0.25) is 9.32 Å². The quantitative estimate of drug-likeness (QED) is 0.0470. The molecule has 1 amide bonds. The van der Waals surface area contributed by atoms with Crippen molar-refractivity contribution in [1.29, 1.82) is 0 Å². The summed E-state index contributed by atoms with van der Waals surface area (Å²) in [6.07, 6.45) is 3.65. The van der Waals surface area contributed by atoms with Crippen LogP contribution in [0.2, 0.25) is 0 Å². The SMILES string of the molecule is C=C(C)CC(CC(C)C1OCC(C)(COP(=O)(OC2([NH+]3C=NC(C(=O)NC(=CC)NC)=C3C)COC(CO)C2O)SC)C1O[P+](C)=O)c1ncnc(NI)c1C. The van der Waals surface area contributed by atoms with Crippen molar-refractivity contribution in [2.75, 3.05) is 49.9 Å². The Balaban J connectivity index is 1.60. The molecule has 3 aliphatic heterocycles. The zero-order chi connectivity index (χ0) is 41.6. The highest BCUT2D eigenvalue weighted by molar-refractivity contribution is 14.1. The lowest BCUT2D eigenvalue weighted by Gasteiger charge is -2.37. The molecule has 2 fully saturated rings. The summed E-state index contributed by atoms with van der Waals surface area (Å²) in [6.45, 7) is 11.8. The molecular weight excluding hydrogens is 899 g/mol. The van der Waals surface area contributed by atoms with Gasteiger partial charge in [0.25, 0.3) is 11.6 Å². The van der Waals surface area contributed by atoms with Crippen molar-refractivity contribution in [3.8, 4) is 0 Å². The fourth-order valence-corrected chi connectivity index (χ4v) is 11.1. The lowest BCUT2D eigenvalue weighted by molar-refractivity contribution is -0.850. The van der Waals surface area contributed by atoms with Gasteiger partial charge in [-0.05, 0) is 67.8 Å². The van der Waals surface area contributed by atoms with Crippen LogP contribution in [0.3, 0.4) is 0 Å². The number of carbonyl (C=O) groups is 1. The highest BCUT2D eigenvalue weighted by atomic mass is 127. The van der Waals surface area contributed by atoms with E-state index in [-0.39, 0.29) is 42.3 Å². The Kier molecular flexibility index (Phi) is 16.7. The highest BCUT2D eigenvalue weighted by Gasteiger charge is 2.63. The molecule has 21 heteroatoms. The molecule has 0 radical (unpaired) electrons. The van der Waals surface area contributed by atoms with Gasteiger partial charge in [0.2, 0.25) is 0 Å². The molecule has 0 bridgehead atoms. The maximum absolute atomic E-state index is 14.7. The Morgan fingerprint density at radius 2 is 2.04 bits per heavy atom. The minimum Gasteiger partial charge on any atom is -0.394 e. The molecule has 11 unspecified atom stereocenters. The minimum atomic E-state index is -4.18. The number of aromatic nitrogens is 2. The van der Waals surface area contributed by atoms with Gasteiger partial charge >= 0.3 is 14.8 Å². The summed E-state index contributed by atoms with van der Waals surface area (Å²) >= 11 is 2.87. The number of hydrogen-bond acceptors (Lipinski definition) is 16. The van der Waals surface area contributed by atoms with Crippen LogP contribution in [0.25, 0.3) is 0 Å². The van der Waals surface area contributed by atoms with Gasteiger partial charge in [0, 0.05) is 30.9 Å². The zero-order valence-corrected chi connectivity index (χ0v) is 38.1. The van der Waals surface area contributed by atoms with Gasteiger partial charge in [0.15, 0.2) is 24.8 Å². The number of aliphatic hydroxyl groups is 2. The third kappa shape index (κ3) is 10.3. The van der Waals surface area contributed by atoms with Gasteiger partial charge in [-0.15, -0.1) is 11.1 Å². The monoisotopic (exact) mass is 955 g/mol. The van der Waals surface area contributed by atoms with E-state index in [1.807, 2.05) is 20.8 Å². The van der Waals surface area contributed by atoms with Crippen LogP contribution >= 0.6 is 49.1 Å². The van der Waals surface area contributed by atoms with E-state index in [9.17, 15) is 24.1 Å². The molecule has 11 atom stereocenters. The van der Waals surface area contributed by atoms with E-state index in [0.717, 1.165) is 34.0 Å².